The summed E-state index contributed by atoms with van der Waals surface area (Å²) < 4.78 is 5.08. The normalized spacial score (nSPS) is 16.0. The van der Waals surface area contributed by atoms with Gasteiger partial charge in [0.1, 0.15) is 0 Å². The molecule has 0 rings (SSSR count). The predicted molar refractivity (Wildman–Crippen MR) is 66.3 cm³/mol. The SMILES string of the molecule is COCCN(C)C(C)C(C)CNC(C)C. The number of rotatable bonds is 8. The zero-order valence-corrected chi connectivity index (χ0v) is 11.2. The largest absolute Gasteiger partial charge is 0.383 e. The molecule has 0 aromatic rings. The summed E-state index contributed by atoms with van der Waals surface area (Å²) in [5, 5.41) is 3.48. The van der Waals surface area contributed by atoms with Crippen LogP contribution >= 0.6 is 0 Å². The Hall–Kier alpha value is -0.120. The van der Waals surface area contributed by atoms with Gasteiger partial charge in [-0.1, -0.05) is 20.8 Å². The molecular weight excluding hydrogens is 188 g/mol. The molecule has 0 aromatic heterocycles. The summed E-state index contributed by atoms with van der Waals surface area (Å²) in [6, 6.07) is 1.16. The second kappa shape index (κ2) is 8.08. The van der Waals surface area contributed by atoms with Gasteiger partial charge in [0.05, 0.1) is 6.61 Å². The number of hydrogen-bond acceptors (Lipinski definition) is 3. The van der Waals surface area contributed by atoms with Gasteiger partial charge in [0, 0.05) is 25.7 Å². The molecule has 92 valence electrons. The molecule has 0 aromatic carbocycles. The molecule has 0 heterocycles. The van der Waals surface area contributed by atoms with E-state index in [0.717, 1.165) is 19.7 Å². The van der Waals surface area contributed by atoms with E-state index < -0.39 is 0 Å². The molecule has 0 spiro atoms. The van der Waals surface area contributed by atoms with Gasteiger partial charge in [-0.3, -0.25) is 0 Å². The monoisotopic (exact) mass is 216 g/mol. The fraction of sp³-hybridized carbons (Fsp3) is 1.00. The highest BCUT2D eigenvalue weighted by molar-refractivity contribution is 4.72. The van der Waals surface area contributed by atoms with Crippen LogP contribution in [-0.4, -0.2) is 50.8 Å². The van der Waals surface area contributed by atoms with E-state index in [1.54, 1.807) is 7.11 Å². The van der Waals surface area contributed by atoms with Crippen LogP contribution in [-0.2, 0) is 4.74 Å². The lowest BCUT2D eigenvalue weighted by Gasteiger charge is -2.30. The third kappa shape index (κ3) is 6.88. The molecule has 3 heteroatoms. The van der Waals surface area contributed by atoms with Gasteiger partial charge in [0.25, 0.3) is 0 Å². The first-order valence-electron chi connectivity index (χ1n) is 5.91. The van der Waals surface area contributed by atoms with Gasteiger partial charge in [0.2, 0.25) is 0 Å². The van der Waals surface area contributed by atoms with Crippen LogP contribution in [0.5, 0.6) is 0 Å². The number of methoxy groups -OCH3 is 1. The van der Waals surface area contributed by atoms with E-state index in [-0.39, 0.29) is 0 Å². The highest BCUT2D eigenvalue weighted by Gasteiger charge is 2.16. The van der Waals surface area contributed by atoms with Crippen molar-refractivity contribution in [3.63, 3.8) is 0 Å². The lowest BCUT2D eigenvalue weighted by atomic mass is 10.0. The van der Waals surface area contributed by atoms with E-state index in [0.29, 0.717) is 18.0 Å². The van der Waals surface area contributed by atoms with Gasteiger partial charge < -0.3 is 15.0 Å². The first-order chi connectivity index (χ1) is 6.99. The van der Waals surface area contributed by atoms with Gasteiger partial charge in [-0.25, -0.2) is 0 Å². The maximum atomic E-state index is 5.08. The van der Waals surface area contributed by atoms with Crippen LogP contribution in [0.4, 0.5) is 0 Å². The van der Waals surface area contributed by atoms with E-state index in [4.69, 9.17) is 4.74 Å². The molecule has 15 heavy (non-hydrogen) atoms. The summed E-state index contributed by atoms with van der Waals surface area (Å²) in [7, 11) is 3.91. The molecule has 0 aliphatic heterocycles. The smallest absolute Gasteiger partial charge is 0.0589 e. The first kappa shape index (κ1) is 14.9. The third-order valence-electron chi connectivity index (χ3n) is 3.01. The molecule has 3 nitrogen and oxygen atoms in total. The minimum absolute atomic E-state index is 0.573. The Morgan fingerprint density at radius 3 is 2.27 bits per heavy atom. The number of hydrogen-bond donors (Lipinski definition) is 1. The summed E-state index contributed by atoms with van der Waals surface area (Å²) in [6.45, 7) is 11.8. The van der Waals surface area contributed by atoms with Crippen molar-refractivity contribution < 1.29 is 4.74 Å². The van der Waals surface area contributed by atoms with Crippen molar-refractivity contribution >= 4 is 0 Å². The Morgan fingerprint density at radius 1 is 1.20 bits per heavy atom. The van der Waals surface area contributed by atoms with Crippen molar-refractivity contribution in [3.05, 3.63) is 0 Å². The minimum Gasteiger partial charge on any atom is -0.383 e. The Balaban J connectivity index is 3.79. The predicted octanol–water partition coefficient (Wildman–Crippen LogP) is 1.59. The number of likely N-dealkylation sites (N-methyl/N-ethyl adjacent to an activating group) is 1. The van der Waals surface area contributed by atoms with Gasteiger partial charge in [-0.15, -0.1) is 0 Å². The molecule has 0 radical (unpaired) electrons. The Kier molecular flexibility index (Phi) is 8.02. The maximum Gasteiger partial charge on any atom is 0.0589 e. The zero-order valence-electron chi connectivity index (χ0n) is 11.2. The molecule has 1 N–H and O–H groups in total. The summed E-state index contributed by atoms with van der Waals surface area (Å²) in [5.74, 6) is 0.661. The Bertz CT molecular complexity index is 151. The molecule has 0 bridgehead atoms. The van der Waals surface area contributed by atoms with Gasteiger partial charge >= 0.3 is 0 Å². The average molecular weight is 216 g/mol. The Morgan fingerprint density at radius 2 is 1.80 bits per heavy atom. The van der Waals surface area contributed by atoms with E-state index in [9.17, 15) is 0 Å². The van der Waals surface area contributed by atoms with Crippen molar-refractivity contribution in [2.24, 2.45) is 5.92 Å². The van der Waals surface area contributed by atoms with E-state index in [1.807, 2.05) is 0 Å². The van der Waals surface area contributed by atoms with Crippen molar-refractivity contribution in [1.29, 1.82) is 0 Å². The summed E-state index contributed by atoms with van der Waals surface area (Å²) >= 11 is 0. The fourth-order valence-electron chi connectivity index (χ4n) is 1.47. The van der Waals surface area contributed by atoms with Crippen LogP contribution in [0.25, 0.3) is 0 Å². The summed E-state index contributed by atoms with van der Waals surface area (Å²) in [5.41, 5.74) is 0. The van der Waals surface area contributed by atoms with Crippen LogP contribution in [0.15, 0.2) is 0 Å². The summed E-state index contributed by atoms with van der Waals surface area (Å²) in [4.78, 5) is 2.36. The van der Waals surface area contributed by atoms with Crippen molar-refractivity contribution in [2.45, 2.75) is 39.8 Å². The third-order valence-corrected chi connectivity index (χ3v) is 3.01. The van der Waals surface area contributed by atoms with Gasteiger partial charge in [-0.05, 0) is 26.4 Å². The lowest BCUT2D eigenvalue weighted by Crippen LogP contribution is -2.41. The van der Waals surface area contributed by atoms with Crippen molar-refractivity contribution in [3.8, 4) is 0 Å². The molecular formula is C12H28N2O. The van der Waals surface area contributed by atoms with Crippen molar-refractivity contribution in [2.75, 3.05) is 33.9 Å². The summed E-state index contributed by atoms with van der Waals surface area (Å²) in [6.07, 6.45) is 0. The first-order valence-corrected chi connectivity index (χ1v) is 5.91. The van der Waals surface area contributed by atoms with Crippen LogP contribution in [0.1, 0.15) is 27.7 Å². The average Bonchev–Trinajstić information content (AvgIpc) is 2.21. The highest BCUT2D eigenvalue weighted by Crippen LogP contribution is 2.08. The molecule has 0 fully saturated rings. The van der Waals surface area contributed by atoms with Crippen LogP contribution in [0.3, 0.4) is 0 Å². The number of nitrogens with one attached hydrogen (secondary N) is 1. The van der Waals surface area contributed by atoms with E-state index in [2.05, 4.69) is 45.0 Å². The van der Waals surface area contributed by atoms with Gasteiger partial charge in [0.15, 0.2) is 0 Å². The van der Waals surface area contributed by atoms with Gasteiger partial charge in [-0.2, -0.15) is 0 Å². The standard InChI is InChI=1S/C12H28N2O/c1-10(2)13-9-11(3)12(4)14(5)7-8-15-6/h10-13H,7-9H2,1-6H3. The van der Waals surface area contributed by atoms with Crippen molar-refractivity contribution in [1.82, 2.24) is 10.2 Å². The quantitative estimate of drug-likeness (QED) is 0.667. The highest BCUT2D eigenvalue weighted by atomic mass is 16.5. The Labute approximate surface area is 95.2 Å². The molecule has 2 atom stereocenters. The molecule has 2 unspecified atom stereocenters. The fourth-order valence-corrected chi connectivity index (χ4v) is 1.47. The number of nitrogens with zero attached hydrogens (tertiary/aromatic N) is 1. The molecule has 0 saturated heterocycles. The second-order valence-electron chi connectivity index (χ2n) is 4.75. The topological polar surface area (TPSA) is 24.5 Å². The molecule has 0 aliphatic carbocycles. The lowest BCUT2D eigenvalue weighted by molar-refractivity contribution is 0.124. The van der Waals surface area contributed by atoms with E-state index >= 15 is 0 Å². The second-order valence-corrected chi connectivity index (χ2v) is 4.75. The molecule has 0 aliphatic rings. The maximum absolute atomic E-state index is 5.08. The van der Waals surface area contributed by atoms with Crippen LogP contribution in [0.2, 0.25) is 0 Å². The number of ether oxygens (including phenoxy) is 1. The van der Waals surface area contributed by atoms with E-state index in [1.165, 1.54) is 0 Å². The minimum atomic E-state index is 0.573. The molecule has 0 amide bonds. The molecule has 0 saturated carbocycles. The zero-order chi connectivity index (χ0) is 11.8. The van der Waals surface area contributed by atoms with Crippen LogP contribution in [0, 0.1) is 5.92 Å². The van der Waals surface area contributed by atoms with Crippen LogP contribution < -0.4 is 5.32 Å².